The lowest BCUT2D eigenvalue weighted by Gasteiger charge is -2.25. The van der Waals surface area contributed by atoms with Gasteiger partial charge in [-0.15, -0.1) is 0 Å². The zero-order chi connectivity index (χ0) is 14.8. The van der Waals surface area contributed by atoms with E-state index in [-0.39, 0.29) is 18.4 Å². The van der Waals surface area contributed by atoms with Crippen LogP contribution in [0.15, 0.2) is 16.8 Å². The Morgan fingerprint density at radius 2 is 2.10 bits per heavy atom. The van der Waals surface area contributed by atoms with Crippen molar-refractivity contribution in [3.05, 3.63) is 22.4 Å². The summed E-state index contributed by atoms with van der Waals surface area (Å²) in [4.78, 5) is 0. The van der Waals surface area contributed by atoms with Crippen molar-refractivity contribution in [2.24, 2.45) is 5.92 Å². The van der Waals surface area contributed by atoms with Crippen LogP contribution >= 0.6 is 11.3 Å². The summed E-state index contributed by atoms with van der Waals surface area (Å²) >= 11 is 1.60. The smallest absolute Gasteiger partial charge is 0.281 e. The van der Waals surface area contributed by atoms with E-state index in [4.69, 9.17) is 0 Å². The van der Waals surface area contributed by atoms with Crippen LogP contribution in [0.1, 0.15) is 25.3 Å². The van der Waals surface area contributed by atoms with Gasteiger partial charge >= 0.3 is 0 Å². The molecule has 1 aliphatic rings. The molecule has 114 valence electrons. The van der Waals surface area contributed by atoms with Gasteiger partial charge in [-0.05, 0) is 22.4 Å². The van der Waals surface area contributed by atoms with Crippen LogP contribution in [0.25, 0.3) is 0 Å². The molecule has 20 heavy (non-hydrogen) atoms. The van der Waals surface area contributed by atoms with Crippen molar-refractivity contribution in [1.82, 2.24) is 8.61 Å². The minimum atomic E-state index is -3.41. The molecule has 1 saturated heterocycles. The minimum Gasteiger partial charge on any atom is -0.396 e. The fourth-order valence-electron chi connectivity index (χ4n) is 2.78. The van der Waals surface area contributed by atoms with Gasteiger partial charge in [-0.2, -0.15) is 28.4 Å². The highest BCUT2D eigenvalue weighted by Crippen LogP contribution is 2.35. The molecule has 0 aliphatic carbocycles. The van der Waals surface area contributed by atoms with Gasteiger partial charge in [0, 0.05) is 44.6 Å². The summed E-state index contributed by atoms with van der Waals surface area (Å²) in [6.07, 6.45) is 0. The van der Waals surface area contributed by atoms with Crippen LogP contribution in [0.5, 0.6) is 0 Å². The molecule has 1 fully saturated rings. The zero-order valence-electron chi connectivity index (χ0n) is 11.9. The molecular weight excluding hydrogens is 296 g/mol. The lowest BCUT2D eigenvalue weighted by atomic mass is 9.92. The van der Waals surface area contributed by atoms with Gasteiger partial charge in [0.25, 0.3) is 10.2 Å². The molecule has 0 bridgehead atoms. The van der Waals surface area contributed by atoms with E-state index in [9.17, 15) is 13.5 Å². The lowest BCUT2D eigenvalue weighted by molar-refractivity contribution is 0.222. The number of thiophene rings is 1. The first-order valence-electron chi connectivity index (χ1n) is 6.92. The highest BCUT2D eigenvalue weighted by molar-refractivity contribution is 7.86. The van der Waals surface area contributed by atoms with Crippen molar-refractivity contribution in [3.63, 3.8) is 0 Å². The van der Waals surface area contributed by atoms with E-state index in [0.29, 0.717) is 26.2 Å². The summed E-state index contributed by atoms with van der Waals surface area (Å²) in [5.74, 6) is 0.0755. The van der Waals surface area contributed by atoms with E-state index in [1.165, 1.54) is 8.61 Å². The Morgan fingerprint density at radius 1 is 1.40 bits per heavy atom. The second-order valence-electron chi connectivity index (χ2n) is 5.01. The maximum Gasteiger partial charge on any atom is 0.281 e. The van der Waals surface area contributed by atoms with Gasteiger partial charge in [0.05, 0.1) is 0 Å². The number of hydrogen-bond acceptors (Lipinski definition) is 4. The zero-order valence-corrected chi connectivity index (χ0v) is 13.5. The summed E-state index contributed by atoms with van der Waals surface area (Å²) in [6.45, 7) is 5.51. The monoisotopic (exact) mass is 318 g/mol. The summed E-state index contributed by atoms with van der Waals surface area (Å²) in [7, 11) is -3.41. The molecule has 1 N–H and O–H groups in total. The molecular formula is C13H22N2O3S2. The van der Waals surface area contributed by atoms with Gasteiger partial charge in [-0.25, -0.2) is 0 Å². The first-order valence-corrected chi connectivity index (χ1v) is 9.26. The average Bonchev–Trinajstić information content (AvgIpc) is 3.08. The molecule has 1 aromatic heterocycles. The van der Waals surface area contributed by atoms with Gasteiger partial charge in [0.2, 0.25) is 0 Å². The predicted octanol–water partition coefficient (Wildman–Crippen LogP) is 1.34. The highest BCUT2D eigenvalue weighted by atomic mass is 32.2. The largest absolute Gasteiger partial charge is 0.396 e. The maximum atomic E-state index is 12.5. The average molecular weight is 318 g/mol. The second-order valence-corrected chi connectivity index (χ2v) is 7.72. The summed E-state index contributed by atoms with van der Waals surface area (Å²) < 4.78 is 28.1. The molecule has 0 radical (unpaired) electrons. The minimum absolute atomic E-state index is 0.0186. The number of aliphatic hydroxyl groups is 1. The molecule has 2 heterocycles. The summed E-state index contributed by atoms with van der Waals surface area (Å²) in [5, 5.41) is 13.6. The molecule has 1 aliphatic heterocycles. The molecule has 7 heteroatoms. The van der Waals surface area contributed by atoms with Crippen molar-refractivity contribution in [1.29, 1.82) is 0 Å². The third-order valence-electron chi connectivity index (χ3n) is 3.97. The molecule has 0 amide bonds. The SMILES string of the molecule is CCN(CC)S(=O)(=O)N1C[C@H](CO)[C@H](c2ccsc2)C1. The quantitative estimate of drug-likeness (QED) is 0.861. The van der Waals surface area contributed by atoms with E-state index < -0.39 is 10.2 Å². The third-order valence-corrected chi connectivity index (χ3v) is 6.79. The first kappa shape index (κ1) is 15.9. The topological polar surface area (TPSA) is 60.9 Å². The Kier molecular flexibility index (Phi) is 5.19. The third kappa shape index (κ3) is 2.92. The van der Waals surface area contributed by atoms with Crippen molar-refractivity contribution >= 4 is 21.5 Å². The fraction of sp³-hybridized carbons (Fsp3) is 0.692. The van der Waals surface area contributed by atoms with E-state index in [2.05, 4.69) is 0 Å². The number of hydrogen-bond donors (Lipinski definition) is 1. The molecule has 5 nitrogen and oxygen atoms in total. The van der Waals surface area contributed by atoms with Crippen LogP contribution in [-0.4, -0.2) is 54.9 Å². The van der Waals surface area contributed by atoms with Gasteiger partial charge in [0.1, 0.15) is 0 Å². The number of aliphatic hydroxyl groups excluding tert-OH is 1. The summed E-state index contributed by atoms with van der Waals surface area (Å²) in [5.41, 5.74) is 1.13. The van der Waals surface area contributed by atoms with Crippen molar-refractivity contribution in [3.8, 4) is 0 Å². The van der Waals surface area contributed by atoms with E-state index in [0.717, 1.165) is 5.56 Å². The normalized spacial score (nSPS) is 24.6. The molecule has 2 rings (SSSR count). The number of rotatable bonds is 6. The Bertz CT molecular complexity index is 512. The van der Waals surface area contributed by atoms with E-state index >= 15 is 0 Å². The lowest BCUT2D eigenvalue weighted by Crippen LogP contribution is -2.42. The van der Waals surface area contributed by atoms with Gasteiger partial charge < -0.3 is 5.11 Å². The Hall–Kier alpha value is -0.470. The van der Waals surface area contributed by atoms with Crippen molar-refractivity contribution in [2.75, 3.05) is 32.8 Å². The van der Waals surface area contributed by atoms with E-state index in [1.54, 1.807) is 11.3 Å². The van der Waals surface area contributed by atoms with Crippen LogP contribution in [0, 0.1) is 5.92 Å². The standard InChI is InChI=1S/C13H22N2O3S2/c1-3-14(4-2)20(17,18)15-7-12(9-16)13(8-15)11-5-6-19-10-11/h5-6,10,12-13,16H,3-4,7-9H2,1-2H3/t12-,13+/m1/s1. The Morgan fingerprint density at radius 3 is 2.60 bits per heavy atom. The molecule has 0 aromatic carbocycles. The van der Waals surface area contributed by atoms with Gasteiger partial charge in [0.15, 0.2) is 0 Å². The molecule has 1 aromatic rings. The van der Waals surface area contributed by atoms with Gasteiger partial charge in [-0.1, -0.05) is 13.8 Å². The van der Waals surface area contributed by atoms with Crippen LogP contribution in [0.4, 0.5) is 0 Å². The molecule has 2 atom stereocenters. The van der Waals surface area contributed by atoms with Gasteiger partial charge in [-0.3, -0.25) is 0 Å². The van der Waals surface area contributed by atoms with Crippen LogP contribution in [0.3, 0.4) is 0 Å². The Balaban J connectivity index is 2.20. The van der Waals surface area contributed by atoms with Crippen LogP contribution < -0.4 is 0 Å². The van der Waals surface area contributed by atoms with Crippen LogP contribution in [0.2, 0.25) is 0 Å². The maximum absolute atomic E-state index is 12.5. The first-order chi connectivity index (χ1) is 9.54. The van der Waals surface area contributed by atoms with E-state index in [1.807, 2.05) is 30.7 Å². The predicted molar refractivity (Wildman–Crippen MR) is 81.0 cm³/mol. The summed E-state index contributed by atoms with van der Waals surface area (Å²) in [6, 6.07) is 2.02. The van der Waals surface area contributed by atoms with Crippen molar-refractivity contribution < 1.29 is 13.5 Å². The van der Waals surface area contributed by atoms with Crippen LogP contribution in [-0.2, 0) is 10.2 Å². The molecule has 0 saturated carbocycles. The molecule has 0 spiro atoms. The number of nitrogens with zero attached hydrogens (tertiary/aromatic N) is 2. The molecule has 0 unspecified atom stereocenters. The fourth-order valence-corrected chi connectivity index (χ4v) is 5.21. The van der Waals surface area contributed by atoms with Crippen molar-refractivity contribution in [2.45, 2.75) is 19.8 Å². The Labute approximate surface area is 125 Å². The highest BCUT2D eigenvalue weighted by Gasteiger charge is 2.40. The second kappa shape index (κ2) is 6.53.